The molecule has 1 rings (SSSR count). The van der Waals surface area contributed by atoms with E-state index in [0.29, 0.717) is 0 Å². The third-order valence-electron chi connectivity index (χ3n) is 1.73. The number of hydrogen-bond donors (Lipinski definition) is 1. The molecule has 1 unspecified atom stereocenters. The molecule has 11 heavy (non-hydrogen) atoms. The molecule has 1 aromatic rings. The van der Waals surface area contributed by atoms with Crippen LogP contribution >= 0.6 is 11.3 Å². The first-order valence-corrected chi connectivity index (χ1v) is 4.47. The van der Waals surface area contributed by atoms with Crippen molar-refractivity contribution in [2.45, 2.75) is 13.1 Å². The number of nitrogens with two attached hydrogens (primary N) is 1. The summed E-state index contributed by atoms with van der Waals surface area (Å²) < 4.78 is 0. The van der Waals surface area contributed by atoms with Gasteiger partial charge in [-0.25, -0.2) is 0 Å². The van der Waals surface area contributed by atoms with E-state index in [1.54, 1.807) is 11.3 Å². The van der Waals surface area contributed by atoms with Gasteiger partial charge in [0.05, 0.1) is 6.17 Å². The molecule has 0 spiro atoms. The van der Waals surface area contributed by atoms with E-state index in [2.05, 4.69) is 18.4 Å². The zero-order chi connectivity index (χ0) is 8.43. The van der Waals surface area contributed by atoms with Crippen LogP contribution < -0.4 is 5.73 Å². The molecule has 0 aliphatic heterocycles. The molecule has 2 N–H and O–H groups in total. The Bertz CT molecular complexity index is 230. The predicted octanol–water partition coefficient (Wildman–Crippen LogP) is 1.58. The molecular weight excluding hydrogens is 156 g/mol. The Morgan fingerprint density at radius 2 is 2.18 bits per heavy atom. The van der Waals surface area contributed by atoms with Crippen molar-refractivity contribution in [3.05, 3.63) is 21.9 Å². The highest BCUT2D eigenvalue weighted by molar-refractivity contribution is 7.10. The van der Waals surface area contributed by atoms with Crippen LogP contribution in [0.2, 0.25) is 0 Å². The van der Waals surface area contributed by atoms with Crippen LogP contribution in [0.3, 0.4) is 0 Å². The minimum absolute atomic E-state index is 0.0509. The lowest BCUT2D eigenvalue weighted by molar-refractivity contribution is 0.311. The normalized spacial score (nSPS) is 13.9. The monoisotopic (exact) mass is 170 g/mol. The molecule has 0 amide bonds. The summed E-state index contributed by atoms with van der Waals surface area (Å²) in [4.78, 5) is 3.27. The summed E-state index contributed by atoms with van der Waals surface area (Å²) in [6, 6.07) is 2.10. The van der Waals surface area contributed by atoms with Gasteiger partial charge in [0.2, 0.25) is 0 Å². The largest absolute Gasteiger partial charge is 0.311 e. The molecule has 0 aliphatic rings. The van der Waals surface area contributed by atoms with Gasteiger partial charge in [-0.3, -0.25) is 4.90 Å². The third kappa shape index (κ3) is 1.80. The van der Waals surface area contributed by atoms with Crippen molar-refractivity contribution in [3.8, 4) is 0 Å². The second-order valence-electron chi connectivity index (χ2n) is 2.88. The molecular formula is C8H14N2S. The maximum atomic E-state index is 5.92. The van der Waals surface area contributed by atoms with Crippen molar-refractivity contribution >= 4 is 11.3 Å². The highest BCUT2D eigenvalue weighted by Gasteiger charge is 2.11. The zero-order valence-electron chi connectivity index (χ0n) is 7.16. The molecule has 1 heterocycles. The van der Waals surface area contributed by atoms with Gasteiger partial charge in [0, 0.05) is 4.88 Å². The van der Waals surface area contributed by atoms with Crippen LogP contribution in [-0.4, -0.2) is 19.0 Å². The van der Waals surface area contributed by atoms with Gasteiger partial charge in [-0.2, -0.15) is 0 Å². The van der Waals surface area contributed by atoms with E-state index < -0.39 is 0 Å². The summed E-state index contributed by atoms with van der Waals surface area (Å²) in [7, 11) is 3.98. The van der Waals surface area contributed by atoms with Crippen LogP contribution in [0.4, 0.5) is 0 Å². The van der Waals surface area contributed by atoms with Crippen LogP contribution in [0.1, 0.15) is 16.6 Å². The van der Waals surface area contributed by atoms with Crippen LogP contribution in [0.5, 0.6) is 0 Å². The summed E-state index contributed by atoms with van der Waals surface area (Å²) in [5.41, 5.74) is 7.21. The Balaban J connectivity index is 2.84. The average molecular weight is 170 g/mol. The van der Waals surface area contributed by atoms with Crippen LogP contribution in [0, 0.1) is 6.92 Å². The van der Waals surface area contributed by atoms with E-state index in [0.717, 1.165) is 0 Å². The number of rotatable bonds is 2. The van der Waals surface area contributed by atoms with Crippen molar-refractivity contribution in [1.82, 2.24) is 4.90 Å². The molecule has 0 aromatic carbocycles. The minimum atomic E-state index is 0.0509. The van der Waals surface area contributed by atoms with Gasteiger partial charge in [-0.15, -0.1) is 11.3 Å². The lowest BCUT2D eigenvalue weighted by Crippen LogP contribution is -2.27. The first-order valence-electron chi connectivity index (χ1n) is 3.59. The van der Waals surface area contributed by atoms with Gasteiger partial charge in [0.15, 0.2) is 0 Å². The number of thiophene rings is 1. The molecule has 0 radical (unpaired) electrons. The predicted molar refractivity (Wildman–Crippen MR) is 49.7 cm³/mol. The van der Waals surface area contributed by atoms with Gasteiger partial charge in [-0.05, 0) is 38.0 Å². The van der Waals surface area contributed by atoms with E-state index in [1.165, 1.54) is 10.4 Å². The number of nitrogens with zero attached hydrogens (tertiary/aromatic N) is 1. The molecule has 0 saturated heterocycles. The Labute approximate surface area is 71.6 Å². The van der Waals surface area contributed by atoms with Gasteiger partial charge in [0.1, 0.15) is 0 Å². The standard InChI is InChI=1S/C8H14N2S/c1-6-4-5-11-7(6)8(9)10(2)3/h4-5,8H,9H2,1-3H3. The maximum absolute atomic E-state index is 5.92. The Kier molecular flexibility index (Phi) is 2.65. The zero-order valence-corrected chi connectivity index (χ0v) is 7.98. The number of aryl methyl sites for hydroxylation is 1. The molecule has 0 aliphatic carbocycles. The Morgan fingerprint density at radius 3 is 2.55 bits per heavy atom. The van der Waals surface area contributed by atoms with E-state index >= 15 is 0 Å². The Hall–Kier alpha value is -0.380. The summed E-state index contributed by atoms with van der Waals surface area (Å²) in [6.07, 6.45) is 0.0509. The van der Waals surface area contributed by atoms with Gasteiger partial charge < -0.3 is 5.73 Å². The van der Waals surface area contributed by atoms with Crippen LogP contribution in [-0.2, 0) is 0 Å². The van der Waals surface area contributed by atoms with Crippen molar-refractivity contribution in [1.29, 1.82) is 0 Å². The minimum Gasteiger partial charge on any atom is -0.311 e. The molecule has 62 valence electrons. The summed E-state index contributed by atoms with van der Waals surface area (Å²) in [5, 5.41) is 2.08. The first-order chi connectivity index (χ1) is 5.13. The molecule has 1 aromatic heterocycles. The lowest BCUT2D eigenvalue weighted by atomic mass is 10.2. The quantitative estimate of drug-likeness (QED) is 0.683. The van der Waals surface area contributed by atoms with Crippen LogP contribution in [0.25, 0.3) is 0 Å². The Morgan fingerprint density at radius 1 is 1.55 bits per heavy atom. The summed E-state index contributed by atoms with van der Waals surface area (Å²) >= 11 is 1.72. The van der Waals surface area contributed by atoms with Gasteiger partial charge in [0.25, 0.3) is 0 Å². The van der Waals surface area contributed by atoms with E-state index in [9.17, 15) is 0 Å². The fourth-order valence-corrected chi connectivity index (χ4v) is 1.94. The summed E-state index contributed by atoms with van der Waals surface area (Å²) in [5.74, 6) is 0. The molecule has 1 atom stereocenters. The van der Waals surface area contributed by atoms with E-state index in [4.69, 9.17) is 5.73 Å². The first kappa shape index (κ1) is 8.71. The third-order valence-corrected chi connectivity index (χ3v) is 2.82. The molecule has 3 heteroatoms. The fourth-order valence-electron chi connectivity index (χ4n) is 0.922. The highest BCUT2D eigenvalue weighted by atomic mass is 32.1. The molecule has 0 saturated carbocycles. The second-order valence-corrected chi connectivity index (χ2v) is 3.82. The fraction of sp³-hybridized carbons (Fsp3) is 0.500. The van der Waals surface area contributed by atoms with Crippen molar-refractivity contribution in [2.75, 3.05) is 14.1 Å². The molecule has 0 bridgehead atoms. The van der Waals surface area contributed by atoms with E-state index in [-0.39, 0.29) is 6.17 Å². The molecule has 2 nitrogen and oxygen atoms in total. The SMILES string of the molecule is Cc1ccsc1C(N)N(C)C. The summed E-state index contributed by atoms with van der Waals surface area (Å²) in [6.45, 7) is 2.09. The lowest BCUT2D eigenvalue weighted by Gasteiger charge is -2.18. The smallest absolute Gasteiger partial charge is 0.0927 e. The molecule has 0 fully saturated rings. The maximum Gasteiger partial charge on any atom is 0.0927 e. The highest BCUT2D eigenvalue weighted by Crippen LogP contribution is 2.22. The van der Waals surface area contributed by atoms with Gasteiger partial charge in [-0.1, -0.05) is 0 Å². The van der Waals surface area contributed by atoms with Gasteiger partial charge >= 0.3 is 0 Å². The topological polar surface area (TPSA) is 29.3 Å². The number of hydrogen-bond acceptors (Lipinski definition) is 3. The van der Waals surface area contributed by atoms with E-state index in [1.807, 2.05) is 19.0 Å². The van der Waals surface area contributed by atoms with Crippen molar-refractivity contribution < 1.29 is 0 Å². The second kappa shape index (κ2) is 3.34. The van der Waals surface area contributed by atoms with Crippen molar-refractivity contribution in [2.24, 2.45) is 5.73 Å². The average Bonchev–Trinajstić information content (AvgIpc) is 2.33. The van der Waals surface area contributed by atoms with Crippen molar-refractivity contribution in [3.63, 3.8) is 0 Å². The van der Waals surface area contributed by atoms with Crippen LogP contribution in [0.15, 0.2) is 11.4 Å².